The van der Waals surface area contributed by atoms with Crippen molar-refractivity contribution in [2.24, 2.45) is 0 Å². The van der Waals surface area contributed by atoms with E-state index < -0.39 is 0 Å². The molecule has 3 aromatic rings. The lowest BCUT2D eigenvalue weighted by Gasteiger charge is -2.11. The zero-order valence-corrected chi connectivity index (χ0v) is 16.5. The van der Waals surface area contributed by atoms with Crippen LogP contribution in [0.2, 0.25) is 5.02 Å². The maximum Gasteiger partial charge on any atom is 0.278 e. The number of anilines is 2. The Bertz CT molecular complexity index is 994. The number of halogens is 1. The summed E-state index contributed by atoms with van der Waals surface area (Å²) in [4.78, 5) is 23.9. The minimum absolute atomic E-state index is 0.0218. The van der Waals surface area contributed by atoms with Crippen LogP contribution in [0.3, 0.4) is 0 Å². The number of benzene rings is 2. The molecule has 2 amide bonds. The molecule has 0 fully saturated rings. The molecule has 0 bridgehead atoms. The number of nitrogens with zero attached hydrogens (tertiary/aromatic N) is 3. The highest BCUT2D eigenvalue weighted by Crippen LogP contribution is 2.23. The quantitative estimate of drug-likeness (QED) is 0.673. The van der Waals surface area contributed by atoms with Gasteiger partial charge in [0.15, 0.2) is 5.69 Å². The van der Waals surface area contributed by atoms with Crippen molar-refractivity contribution < 1.29 is 9.59 Å². The van der Waals surface area contributed by atoms with Gasteiger partial charge in [0.1, 0.15) is 0 Å². The molecule has 1 heterocycles. The fourth-order valence-corrected chi connectivity index (χ4v) is 2.90. The van der Waals surface area contributed by atoms with Gasteiger partial charge in [0, 0.05) is 23.3 Å². The molecular formula is C20H20ClN5O2. The Morgan fingerprint density at radius 3 is 2.07 bits per heavy atom. The van der Waals surface area contributed by atoms with E-state index in [0.29, 0.717) is 22.1 Å². The lowest BCUT2D eigenvalue weighted by Crippen LogP contribution is -2.16. The van der Waals surface area contributed by atoms with Gasteiger partial charge in [-0.05, 0) is 54.4 Å². The Labute approximate surface area is 167 Å². The average molecular weight is 398 g/mol. The number of hydrogen-bond donors (Lipinski definition) is 2. The highest BCUT2D eigenvalue weighted by Gasteiger charge is 2.23. The summed E-state index contributed by atoms with van der Waals surface area (Å²) in [6, 6.07) is 14.0. The zero-order valence-electron chi connectivity index (χ0n) is 15.7. The molecule has 8 heteroatoms. The minimum atomic E-state index is -0.351. The average Bonchev–Trinajstić information content (AvgIpc) is 3.09. The molecule has 0 aliphatic heterocycles. The summed E-state index contributed by atoms with van der Waals surface area (Å²) in [5.41, 5.74) is 2.99. The monoisotopic (exact) mass is 397 g/mol. The summed E-state index contributed by atoms with van der Waals surface area (Å²) in [6.07, 6.45) is 0. The maximum absolute atomic E-state index is 12.8. The summed E-state index contributed by atoms with van der Waals surface area (Å²) in [7, 11) is 0. The molecule has 0 saturated heterocycles. The topological polar surface area (TPSA) is 88.9 Å². The maximum atomic E-state index is 12.8. The second kappa shape index (κ2) is 8.22. The highest BCUT2D eigenvalue weighted by molar-refractivity contribution is 6.30. The molecule has 7 nitrogen and oxygen atoms in total. The van der Waals surface area contributed by atoms with E-state index in [2.05, 4.69) is 20.9 Å². The Morgan fingerprint density at radius 1 is 0.964 bits per heavy atom. The van der Waals surface area contributed by atoms with Crippen molar-refractivity contribution in [3.8, 4) is 5.69 Å². The van der Waals surface area contributed by atoms with E-state index >= 15 is 0 Å². The van der Waals surface area contributed by atoms with Crippen LogP contribution in [0.1, 0.15) is 42.9 Å². The molecule has 1 aromatic heterocycles. The van der Waals surface area contributed by atoms with Crippen molar-refractivity contribution in [2.45, 2.75) is 26.7 Å². The Balaban J connectivity index is 1.85. The molecule has 3 rings (SSSR count). The molecule has 28 heavy (non-hydrogen) atoms. The van der Waals surface area contributed by atoms with Crippen LogP contribution in [0, 0.1) is 0 Å². The van der Waals surface area contributed by atoms with Crippen molar-refractivity contribution in [3.05, 3.63) is 64.9 Å². The van der Waals surface area contributed by atoms with Crippen molar-refractivity contribution in [3.63, 3.8) is 0 Å². The predicted molar refractivity (Wildman–Crippen MR) is 109 cm³/mol. The van der Waals surface area contributed by atoms with Crippen LogP contribution >= 0.6 is 11.6 Å². The standard InChI is InChI=1S/C20H20ClN5O2/c1-12(2)19-18(24-25-26(19)17-10-4-14(21)5-11-17)20(28)23-16-8-6-15(7-9-16)22-13(3)27/h4-12H,1-3H3,(H,22,27)(H,23,28). The van der Waals surface area contributed by atoms with Gasteiger partial charge in [0.25, 0.3) is 5.91 Å². The first-order valence-electron chi connectivity index (χ1n) is 8.75. The van der Waals surface area contributed by atoms with Crippen LogP contribution in [0.15, 0.2) is 48.5 Å². The van der Waals surface area contributed by atoms with Gasteiger partial charge in [-0.1, -0.05) is 30.7 Å². The van der Waals surface area contributed by atoms with Crippen LogP contribution in [0.4, 0.5) is 11.4 Å². The summed E-state index contributed by atoms with van der Waals surface area (Å²) >= 11 is 5.95. The number of aromatic nitrogens is 3. The molecule has 144 valence electrons. The van der Waals surface area contributed by atoms with E-state index in [1.807, 2.05) is 26.0 Å². The van der Waals surface area contributed by atoms with Crippen LogP contribution in [0.5, 0.6) is 0 Å². The number of nitrogens with one attached hydrogen (secondary N) is 2. The highest BCUT2D eigenvalue weighted by atomic mass is 35.5. The molecule has 0 aliphatic rings. The molecule has 2 aromatic carbocycles. The Kier molecular flexibility index (Phi) is 5.75. The molecule has 2 N–H and O–H groups in total. The molecular weight excluding hydrogens is 378 g/mol. The largest absolute Gasteiger partial charge is 0.326 e. The Hall–Kier alpha value is -3.19. The summed E-state index contributed by atoms with van der Waals surface area (Å²) in [5.74, 6) is -0.484. The van der Waals surface area contributed by atoms with Gasteiger partial charge in [-0.25, -0.2) is 4.68 Å². The fraction of sp³-hybridized carbons (Fsp3) is 0.200. The number of hydrogen-bond acceptors (Lipinski definition) is 4. The van der Waals surface area contributed by atoms with Gasteiger partial charge in [-0.3, -0.25) is 9.59 Å². The van der Waals surface area contributed by atoms with Crippen molar-refractivity contribution >= 4 is 34.8 Å². The molecule has 0 radical (unpaired) electrons. The summed E-state index contributed by atoms with van der Waals surface area (Å²) in [6.45, 7) is 5.39. The molecule has 0 atom stereocenters. The third-order valence-corrected chi connectivity index (χ3v) is 4.25. The van der Waals surface area contributed by atoms with Gasteiger partial charge < -0.3 is 10.6 Å². The fourth-order valence-electron chi connectivity index (χ4n) is 2.77. The van der Waals surface area contributed by atoms with Gasteiger partial charge in [-0.15, -0.1) is 5.10 Å². The van der Waals surface area contributed by atoms with Crippen LogP contribution in [-0.2, 0) is 4.79 Å². The van der Waals surface area contributed by atoms with E-state index in [4.69, 9.17) is 11.6 Å². The first kappa shape index (κ1) is 19.6. The van der Waals surface area contributed by atoms with Crippen LogP contribution in [-0.4, -0.2) is 26.8 Å². The third kappa shape index (κ3) is 4.37. The molecule has 0 unspecified atom stereocenters. The molecule has 0 spiro atoms. The number of carbonyl (C=O) groups is 2. The van der Waals surface area contributed by atoms with Crippen molar-refractivity contribution in [1.29, 1.82) is 0 Å². The van der Waals surface area contributed by atoms with Gasteiger partial charge >= 0.3 is 0 Å². The van der Waals surface area contributed by atoms with Crippen LogP contribution in [0.25, 0.3) is 5.69 Å². The van der Waals surface area contributed by atoms with Gasteiger partial charge in [-0.2, -0.15) is 0 Å². The smallest absolute Gasteiger partial charge is 0.278 e. The number of rotatable bonds is 5. The minimum Gasteiger partial charge on any atom is -0.326 e. The van der Waals surface area contributed by atoms with Crippen molar-refractivity contribution in [2.75, 3.05) is 10.6 Å². The van der Waals surface area contributed by atoms with E-state index in [1.54, 1.807) is 41.1 Å². The van der Waals surface area contributed by atoms with E-state index in [-0.39, 0.29) is 23.4 Å². The van der Waals surface area contributed by atoms with E-state index in [0.717, 1.165) is 5.69 Å². The lowest BCUT2D eigenvalue weighted by atomic mass is 10.1. The predicted octanol–water partition coefficient (Wildman–Crippen LogP) is 4.25. The Morgan fingerprint density at radius 2 is 1.54 bits per heavy atom. The molecule has 0 saturated carbocycles. The van der Waals surface area contributed by atoms with Crippen LogP contribution < -0.4 is 10.6 Å². The SMILES string of the molecule is CC(=O)Nc1ccc(NC(=O)c2nnn(-c3ccc(Cl)cc3)c2C(C)C)cc1. The number of carbonyl (C=O) groups excluding carboxylic acids is 2. The third-order valence-electron chi connectivity index (χ3n) is 4.00. The zero-order chi connectivity index (χ0) is 20.3. The summed E-state index contributed by atoms with van der Waals surface area (Å²) in [5, 5.41) is 14.4. The first-order chi connectivity index (χ1) is 13.3. The second-order valence-electron chi connectivity index (χ2n) is 6.58. The number of amides is 2. The second-order valence-corrected chi connectivity index (χ2v) is 7.02. The summed E-state index contributed by atoms with van der Waals surface area (Å²) < 4.78 is 1.65. The molecule has 0 aliphatic carbocycles. The van der Waals surface area contributed by atoms with Gasteiger partial charge in [0.05, 0.1) is 11.4 Å². The lowest BCUT2D eigenvalue weighted by molar-refractivity contribution is -0.114. The van der Waals surface area contributed by atoms with E-state index in [9.17, 15) is 9.59 Å². The van der Waals surface area contributed by atoms with E-state index in [1.165, 1.54) is 6.92 Å². The van der Waals surface area contributed by atoms with Crippen molar-refractivity contribution in [1.82, 2.24) is 15.0 Å². The van der Waals surface area contributed by atoms with Gasteiger partial charge in [0.2, 0.25) is 5.91 Å². The normalized spacial score (nSPS) is 10.8. The first-order valence-corrected chi connectivity index (χ1v) is 9.13.